The van der Waals surface area contributed by atoms with Gasteiger partial charge < -0.3 is 0 Å². The molecule has 88 valence electrons. The second kappa shape index (κ2) is 5.66. The van der Waals surface area contributed by atoms with E-state index in [1.165, 1.54) is 17.0 Å². The van der Waals surface area contributed by atoms with Crippen molar-refractivity contribution in [3.05, 3.63) is 55.2 Å². The Morgan fingerprint density at radius 2 is 1.94 bits per heavy atom. The highest BCUT2D eigenvalue weighted by atomic mass is 79.9. The standard InChI is InChI=1S/C11H8BrNO2S2/c12-11-6-5-10(17-11)7-16-9-3-1-8(2-4-9)13(14)15/h1-6H,7H2. The zero-order valence-corrected chi connectivity index (χ0v) is 11.8. The largest absolute Gasteiger partial charge is 0.269 e. The summed E-state index contributed by atoms with van der Waals surface area (Å²) in [4.78, 5) is 12.4. The maximum Gasteiger partial charge on any atom is 0.269 e. The number of non-ortho nitro benzene ring substituents is 1. The van der Waals surface area contributed by atoms with Gasteiger partial charge in [0.2, 0.25) is 0 Å². The van der Waals surface area contributed by atoms with Gasteiger partial charge in [-0.05, 0) is 40.2 Å². The molecule has 6 heteroatoms. The molecule has 2 aromatic rings. The van der Waals surface area contributed by atoms with Gasteiger partial charge in [0, 0.05) is 27.7 Å². The lowest BCUT2D eigenvalue weighted by molar-refractivity contribution is -0.384. The molecule has 0 N–H and O–H groups in total. The normalized spacial score (nSPS) is 10.4. The number of rotatable bonds is 4. The Bertz CT molecular complexity index is 525. The van der Waals surface area contributed by atoms with Gasteiger partial charge in [-0.15, -0.1) is 23.1 Å². The number of nitro groups is 1. The summed E-state index contributed by atoms with van der Waals surface area (Å²) in [6, 6.07) is 10.7. The highest BCUT2D eigenvalue weighted by Crippen LogP contribution is 2.29. The summed E-state index contributed by atoms with van der Waals surface area (Å²) in [6.45, 7) is 0. The topological polar surface area (TPSA) is 43.1 Å². The van der Waals surface area contributed by atoms with Crippen LogP contribution in [0.5, 0.6) is 0 Å². The predicted octanol–water partition coefficient (Wildman–Crippen LogP) is 4.71. The molecule has 0 spiro atoms. The summed E-state index contributed by atoms with van der Waals surface area (Å²) in [5.74, 6) is 0.883. The third kappa shape index (κ3) is 3.55. The number of hydrogen-bond donors (Lipinski definition) is 0. The van der Waals surface area contributed by atoms with Crippen molar-refractivity contribution in [2.45, 2.75) is 10.6 Å². The predicted molar refractivity (Wildman–Crippen MR) is 74.7 cm³/mol. The first-order valence-electron chi connectivity index (χ1n) is 4.76. The van der Waals surface area contributed by atoms with Crippen LogP contribution in [0.1, 0.15) is 4.88 Å². The van der Waals surface area contributed by atoms with Crippen LogP contribution >= 0.6 is 39.0 Å². The molecule has 0 fully saturated rings. The first kappa shape index (κ1) is 12.6. The Labute approximate surface area is 115 Å². The molecule has 0 aliphatic carbocycles. The smallest absolute Gasteiger partial charge is 0.258 e. The fraction of sp³-hybridized carbons (Fsp3) is 0.0909. The molecule has 17 heavy (non-hydrogen) atoms. The Hall–Kier alpha value is -0.850. The quantitative estimate of drug-likeness (QED) is 0.463. The van der Waals surface area contributed by atoms with Gasteiger partial charge in [-0.25, -0.2) is 0 Å². The van der Waals surface area contributed by atoms with E-state index < -0.39 is 0 Å². The van der Waals surface area contributed by atoms with Crippen LogP contribution in [0.4, 0.5) is 5.69 Å². The molecule has 1 aromatic heterocycles. The van der Waals surface area contributed by atoms with E-state index in [-0.39, 0.29) is 10.6 Å². The maximum absolute atomic E-state index is 10.5. The maximum atomic E-state index is 10.5. The van der Waals surface area contributed by atoms with Crippen molar-refractivity contribution in [1.29, 1.82) is 0 Å². The molecule has 1 heterocycles. The van der Waals surface area contributed by atoms with Gasteiger partial charge in [0.25, 0.3) is 5.69 Å². The fourth-order valence-corrected chi connectivity index (χ4v) is 3.67. The molecule has 0 bridgehead atoms. The van der Waals surface area contributed by atoms with E-state index in [0.29, 0.717) is 0 Å². The lowest BCUT2D eigenvalue weighted by atomic mass is 10.3. The zero-order valence-electron chi connectivity index (χ0n) is 8.63. The average molecular weight is 330 g/mol. The molecule has 0 aliphatic rings. The molecule has 3 nitrogen and oxygen atoms in total. The molecule has 1 aromatic carbocycles. The van der Waals surface area contributed by atoms with Gasteiger partial charge in [-0.3, -0.25) is 10.1 Å². The summed E-state index contributed by atoms with van der Waals surface area (Å²) >= 11 is 6.80. The highest BCUT2D eigenvalue weighted by molar-refractivity contribution is 9.11. The van der Waals surface area contributed by atoms with Crippen molar-refractivity contribution in [3.63, 3.8) is 0 Å². The molecule has 0 amide bonds. The number of nitro benzene ring substituents is 1. The second-order valence-corrected chi connectivity index (χ2v) is 6.84. The van der Waals surface area contributed by atoms with Crippen molar-refractivity contribution in [3.8, 4) is 0 Å². The average Bonchev–Trinajstić information content (AvgIpc) is 2.73. The first-order valence-corrected chi connectivity index (χ1v) is 7.36. The lowest BCUT2D eigenvalue weighted by Gasteiger charge is -1.99. The first-order chi connectivity index (χ1) is 8.15. The lowest BCUT2D eigenvalue weighted by Crippen LogP contribution is -1.86. The van der Waals surface area contributed by atoms with Gasteiger partial charge in [0.05, 0.1) is 8.71 Å². The van der Waals surface area contributed by atoms with Crippen molar-refractivity contribution >= 4 is 44.7 Å². The van der Waals surface area contributed by atoms with Crippen LogP contribution in [0.25, 0.3) is 0 Å². The van der Waals surface area contributed by atoms with Crippen molar-refractivity contribution < 1.29 is 4.92 Å². The summed E-state index contributed by atoms with van der Waals surface area (Å²) in [5.41, 5.74) is 0.133. The molecule has 2 rings (SSSR count). The van der Waals surface area contributed by atoms with Crippen LogP contribution in [-0.4, -0.2) is 4.92 Å². The minimum absolute atomic E-state index is 0.133. The van der Waals surface area contributed by atoms with Gasteiger partial charge >= 0.3 is 0 Å². The molecule has 0 atom stereocenters. The van der Waals surface area contributed by atoms with Crippen molar-refractivity contribution in [2.75, 3.05) is 0 Å². The SMILES string of the molecule is O=[N+]([O-])c1ccc(SCc2ccc(Br)s2)cc1. The minimum atomic E-state index is -0.384. The van der Waals surface area contributed by atoms with Crippen LogP contribution in [0, 0.1) is 10.1 Å². The third-order valence-corrected chi connectivity index (χ3v) is 4.92. The third-order valence-electron chi connectivity index (χ3n) is 2.06. The highest BCUT2D eigenvalue weighted by Gasteiger charge is 2.04. The summed E-state index contributed by atoms with van der Waals surface area (Å²) in [5, 5.41) is 10.5. The number of benzene rings is 1. The molecule has 0 aliphatic heterocycles. The molecular weight excluding hydrogens is 322 g/mol. The van der Waals surface area contributed by atoms with Crippen molar-refractivity contribution in [2.24, 2.45) is 0 Å². The van der Waals surface area contributed by atoms with E-state index in [2.05, 4.69) is 22.0 Å². The number of thiophene rings is 1. The minimum Gasteiger partial charge on any atom is -0.258 e. The Kier molecular flexibility index (Phi) is 4.20. The summed E-state index contributed by atoms with van der Waals surface area (Å²) < 4.78 is 1.12. The van der Waals surface area contributed by atoms with Gasteiger partial charge in [0.1, 0.15) is 0 Å². The van der Waals surface area contributed by atoms with Crippen LogP contribution < -0.4 is 0 Å². The fourth-order valence-electron chi connectivity index (χ4n) is 1.25. The summed E-state index contributed by atoms with van der Waals surface area (Å²) in [6.07, 6.45) is 0. The molecule has 0 saturated carbocycles. The van der Waals surface area contributed by atoms with Crippen LogP contribution in [-0.2, 0) is 5.75 Å². The number of hydrogen-bond acceptors (Lipinski definition) is 4. The van der Waals surface area contributed by atoms with Gasteiger partial charge in [0.15, 0.2) is 0 Å². The van der Waals surface area contributed by atoms with Gasteiger partial charge in [-0.2, -0.15) is 0 Å². The summed E-state index contributed by atoms with van der Waals surface area (Å²) in [7, 11) is 0. The van der Waals surface area contributed by atoms with E-state index in [9.17, 15) is 10.1 Å². The van der Waals surface area contributed by atoms with E-state index in [4.69, 9.17) is 0 Å². The Morgan fingerprint density at radius 1 is 1.24 bits per heavy atom. The molecule has 0 radical (unpaired) electrons. The zero-order chi connectivity index (χ0) is 12.3. The van der Waals surface area contributed by atoms with Crippen LogP contribution in [0.15, 0.2) is 45.1 Å². The molecule has 0 saturated heterocycles. The molecular formula is C11H8BrNO2S2. The van der Waals surface area contributed by atoms with Crippen LogP contribution in [0.3, 0.4) is 0 Å². The van der Waals surface area contributed by atoms with E-state index in [1.54, 1.807) is 35.2 Å². The van der Waals surface area contributed by atoms with Gasteiger partial charge in [-0.1, -0.05) is 0 Å². The molecule has 0 unspecified atom stereocenters. The van der Waals surface area contributed by atoms with E-state index in [1.807, 2.05) is 6.07 Å². The number of nitrogens with zero attached hydrogens (tertiary/aromatic N) is 1. The van der Waals surface area contributed by atoms with Crippen molar-refractivity contribution in [1.82, 2.24) is 0 Å². The number of halogens is 1. The Morgan fingerprint density at radius 3 is 2.47 bits per heavy atom. The second-order valence-electron chi connectivity index (χ2n) is 3.25. The Balaban J connectivity index is 1.97. The van der Waals surface area contributed by atoms with E-state index in [0.717, 1.165) is 14.4 Å². The van der Waals surface area contributed by atoms with E-state index >= 15 is 0 Å². The monoisotopic (exact) mass is 329 g/mol. The van der Waals surface area contributed by atoms with Crippen LogP contribution in [0.2, 0.25) is 0 Å². The number of thioether (sulfide) groups is 1.